The van der Waals surface area contributed by atoms with Crippen molar-refractivity contribution in [3.63, 3.8) is 0 Å². The molecule has 0 aliphatic heterocycles. The van der Waals surface area contributed by atoms with Crippen LogP contribution in [0.2, 0.25) is 0 Å². The molecular formula is C10H17F3N4S. The molecule has 0 bridgehead atoms. The van der Waals surface area contributed by atoms with Gasteiger partial charge in [0.25, 0.3) is 0 Å². The minimum absolute atomic E-state index is 0.165. The highest BCUT2D eigenvalue weighted by atomic mass is 32.1. The van der Waals surface area contributed by atoms with Gasteiger partial charge in [-0.15, -0.1) is 5.10 Å². The van der Waals surface area contributed by atoms with E-state index in [9.17, 15) is 13.2 Å². The van der Waals surface area contributed by atoms with Crippen LogP contribution in [0, 0.1) is 0 Å². The summed E-state index contributed by atoms with van der Waals surface area (Å²) in [5.74, 6) is 0. The topological polar surface area (TPSA) is 41.1 Å². The molecule has 18 heavy (non-hydrogen) atoms. The van der Waals surface area contributed by atoms with Crippen molar-refractivity contribution in [1.29, 1.82) is 0 Å². The van der Waals surface area contributed by atoms with Gasteiger partial charge in [0.1, 0.15) is 10.7 Å². The fourth-order valence-corrected chi connectivity index (χ4v) is 2.03. The van der Waals surface area contributed by atoms with Gasteiger partial charge in [-0.25, -0.2) is 0 Å². The quantitative estimate of drug-likeness (QED) is 0.835. The van der Waals surface area contributed by atoms with Crippen molar-refractivity contribution in [3.05, 3.63) is 5.69 Å². The molecule has 0 radical (unpaired) electrons. The lowest BCUT2D eigenvalue weighted by Crippen LogP contribution is -2.33. The van der Waals surface area contributed by atoms with E-state index in [-0.39, 0.29) is 6.54 Å². The summed E-state index contributed by atoms with van der Waals surface area (Å²) in [7, 11) is 0. The van der Waals surface area contributed by atoms with Gasteiger partial charge in [0.15, 0.2) is 0 Å². The van der Waals surface area contributed by atoms with Gasteiger partial charge in [0, 0.05) is 24.6 Å². The van der Waals surface area contributed by atoms with Crippen molar-refractivity contribution in [2.45, 2.75) is 33.0 Å². The molecule has 1 aromatic rings. The standard InChI is InChI=1S/C10H17F3N4S/c1-3-5-14-9-8(15-16-18-9)6-17(4-2)7-10(11,12)13/h14H,3-7H2,1-2H3. The summed E-state index contributed by atoms with van der Waals surface area (Å²) in [4.78, 5) is 1.30. The van der Waals surface area contributed by atoms with Gasteiger partial charge in [-0.1, -0.05) is 18.3 Å². The minimum atomic E-state index is -4.18. The Morgan fingerprint density at radius 2 is 2.06 bits per heavy atom. The average Bonchev–Trinajstić information content (AvgIpc) is 2.71. The summed E-state index contributed by atoms with van der Waals surface area (Å²) in [5.41, 5.74) is 0.583. The Morgan fingerprint density at radius 1 is 1.33 bits per heavy atom. The molecule has 1 heterocycles. The Bertz CT molecular complexity index is 353. The van der Waals surface area contributed by atoms with Crippen LogP contribution in [0.25, 0.3) is 0 Å². The third-order valence-electron chi connectivity index (χ3n) is 2.31. The minimum Gasteiger partial charge on any atom is -0.374 e. The number of alkyl halides is 3. The van der Waals surface area contributed by atoms with Crippen LogP contribution in [0.3, 0.4) is 0 Å². The second-order valence-electron chi connectivity index (χ2n) is 3.89. The molecule has 1 aromatic heterocycles. The van der Waals surface area contributed by atoms with Crippen LogP contribution < -0.4 is 5.32 Å². The maximum atomic E-state index is 12.3. The van der Waals surface area contributed by atoms with E-state index in [1.807, 2.05) is 6.92 Å². The first-order chi connectivity index (χ1) is 8.46. The lowest BCUT2D eigenvalue weighted by molar-refractivity contribution is -0.146. The Hall–Kier alpha value is -0.890. The zero-order chi connectivity index (χ0) is 13.6. The second-order valence-corrected chi connectivity index (χ2v) is 4.65. The fourth-order valence-electron chi connectivity index (χ4n) is 1.43. The second kappa shape index (κ2) is 6.89. The Balaban J connectivity index is 2.61. The molecule has 0 spiro atoms. The van der Waals surface area contributed by atoms with Crippen molar-refractivity contribution in [2.24, 2.45) is 0 Å². The predicted octanol–water partition coefficient (Wildman–Crippen LogP) is 2.74. The molecule has 8 heteroatoms. The van der Waals surface area contributed by atoms with Crippen molar-refractivity contribution >= 4 is 16.5 Å². The summed E-state index contributed by atoms with van der Waals surface area (Å²) < 4.78 is 40.8. The molecule has 104 valence electrons. The van der Waals surface area contributed by atoms with Crippen LogP contribution in [0.4, 0.5) is 18.2 Å². The first kappa shape index (κ1) is 15.2. The molecular weight excluding hydrogens is 265 g/mol. The summed E-state index contributed by atoms with van der Waals surface area (Å²) >= 11 is 1.18. The molecule has 1 N–H and O–H groups in total. The fraction of sp³-hybridized carbons (Fsp3) is 0.800. The molecule has 0 aliphatic carbocycles. The summed E-state index contributed by atoms with van der Waals surface area (Å²) in [6, 6.07) is 0. The van der Waals surface area contributed by atoms with Crippen molar-refractivity contribution in [2.75, 3.05) is 25.0 Å². The van der Waals surface area contributed by atoms with Crippen LogP contribution in [0.5, 0.6) is 0 Å². The molecule has 0 aromatic carbocycles. The number of nitrogens with zero attached hydrogens (tertiary/aromatic N) is 3. The largest absolute Gasteiger partial charge is 0.401 e. The average molecular weight is 282 g/mol. The molecule has 0 saturated carbocycles. The molecule has 0 saturated heterocycles. The van der Waals surface area contributed by atoms with E-state index in [1.165, 1.54) is 16.4 Å². The third kappa shape index (κ3) is 5.18. The molecule has 0 atom stereocenters. The number of nitrogens with one attached hydrogen (secondary N) is 1. The summed E-state index contributed by atoms with van der Waals surface area (Å²) in [6.07, 6.45) is -3.24. The monoisotopic (exact) mass is 282 g/mol. The lowest BCUT2D eigenvalue weighted by Gasteiger charge is -2.21. The lowest BCUT2D eigenvalue weighted by atomic mass is 10.3. The first-order valence-electron chi connectivity index (χ1n) is 5.80. The predicted molar refractivity (Wildman–Crippen MR) is 65.7 cm³/mol. The van der Waals surface area contributed by atoms with Crippen LogP contribution in [0.1, 0.15) is 26.0 Å². The van der Waals surface area contributed by atoms with Crippen LogP contribution >= 0.6 is 11.5 Å². The normalized spacial score (nSPS) is 12.1. The van der Waals surface area contributed by atoms with Gasteiger partial charge in [0.2, 0.25) is 0 Å². The Labute approximate surface area is 108 Å². The molecule has 4 nitrogen and oxygen atoms in total. The maximum Gasteiger partial charge on any atom is 0.401 e. The smallest absolute Gasteiger partial charge is 0.374 e. The van der Waals surface area contributed by atoms with E-state index in [2.05, 4.69) is 14.9 Å². The van der Waals surface area contributed by atoms with Crippen molar-refractivity contribution in [1.82, 2.24) is 14.5 Å². The maximum absolute atomic E-state index is 12.3. The van der Waals surface area contributed by atoms with Gasteiger partial charge in [-0.05, 0) is 13.0 Å². The summed E-state index contributed by atoms with van der Waals surface area (Å²) in [5, 5.41) is 7.77. The third-order valence-corrected chi connectivity index (χ3v) is 3.04. The number of anilines is 1. The van der Waals surface area contributed by atoms with Gasteiger partial charge in [0.05, 0.1) is 6.54 Å². The molecule has 0 aliphatic rings. The number of hydrogen-bond donors (Lipinski definition) is 1. The van der Waals surface area contributed by atoms with E-state index in [0.29, 0.717) is 12.2 Å². The zero-order valence-electron chi connectivity index (χ0n) is 10.4. The summed E-state index contributed by atoms with van der Waals surface area (Å²) in [6.45, 7) is 4.05. The highest BCUT2D eigenvalue weighted by Crippen LogP contribution is 2.22. The number of aromatic nitrogens is 2. The van der Waals surface area contributed by atoms with E-state index in [0.717, 1.165) is 18.0 Å². The van der Waals surface area contributed by atoms with Crippen molar-refractivity contribution < 1.29 is 13.2 Å². The highest BCUT2D eigenvalue weighted by Gasteiger charge is 2.30. The van der Waals surface area contributed by atoms with E-state index in [4.69, 9.17) is 0 Å². The zero-order valence-corrected chi connectivity index (χ0v) is 11.2. The van der Waals surface area contributed by atoms with E-state index >= 15 is 0 Å². The number of hydrogen-bond acceptors (Lipinski definition) is 5. The van der Waals surface area contributed by atoms with Crippen LogP contribution in [-0.2, 0) is 6.54 Å². The van der Waals surface area contributed by atoms with E-state index in [1.54, 1.807) is 6.92 Å². The molecule has 0 amide bonds. The molecule has 0 fully saturated rings. The Morgan fingerprint density at radius 3 is 2.61 bits per heavy atom. The highest BCUT2D eigenvalue weighted by molar-refractivity contribution is 7.10. The molecule has 1 rings (SSSR count). The Kier molecular flexibility index (Phi) is 5.80. The van der Waals surface area contributed by atoms with Crippen LogP contribution in [0.15, 0.2) is 0 Å². The van der Waals surface area contributed by atoms with Crippen molar-refractivity contribution in [3.8, 4) is 0 Å². The molecule has 0 unspecified atom stereocenters. The number of halogens is 3. The van der Waals surface area contributed by atoms with E-state index < -0.39 is 12.7 Å². The van der Waals surface area contributed by atoms with Crippen LogP contribution in [-0.4, -0.2) is 40.3 Å². The SMILES string of the molecule is CCCNc1snnc1CN(CC)CC(F)(F)F. The van der Waals surface area contributed by atoms with Gasteiger partial charge in [-0.3, -0.25) is 4.90 Å². The number of rotatable bonds is 7. The van der Waals surface area contributed by atoms with Gasteiger partial charge >= 0.3 is 6.18 Å². The first-order valence-corrected chi connectivity index (χ1v) is 6.57. The van der Waals surface area contributed by atoms with Gasteiger partial charge < -0.3 is 5.32 Å². The van der Waals surface area contributed by atoms with Gasteiger partial charge in [-0.2, -0.15) is 13.2 Å².